The van der Waals surface area contributed by atoms with E-state index in [4.69, 9.17) is 9.47 Å². The molecule has 0 amide bonds. The van der Waals surface area contributed by atoms with Gasteiger partial charge in [-0.2, -0.15) is 0 Å². The van der Waals surface area contributed by atoms with Crippen LogP contribution >= 0.6 is 15.9 Å². The van der Waals surface area contributed by atoms with Crippen LogP contribution in [0.2, 0.25) is 0 Å². The first-order valence-corrected chi connectivity index (χ1v) is 7.70. The van der Waals surface area contributed by atoms with E-state index >= 15 is 0 Å². The lowest BCUT2D eigenvalue weighted by Crippen LogP contribution is -2.29. The van der Waals surface area contributed by atoms with E-state index in [1.165, 1.54) is 5.56 Å². The first-order chi connectivity index (χ1) is 9.26. The number of methoxy groups -OCH3 is 1. The maximum Gasteiger partial charge on any atom is 0.133 e. The van der Waals surface area contributed by atoms with Crippen LogP contribution in [-0.4, -0.2) is 26.9 Å². The standard InChI is InChI=1S/C15H22BrNO2/c1-3-7-17-15(12-6-8-19-10-12)11-4-5-14(18-2)13(16)9-11/h4-5,9,12,15,17H,3,6-8,10H2,1-2H3. The predicted molar refractivity (Wildman–Crippen MR) is 80.7 cm³/mol. The van der Waals surface area contributed by atoms with Gasteiger partial charge in [0, 0.05) is 18.6 Å². The molecule has 1 N–H and O–H groups in total. The Morgan fingerprint density at radius 3 is 2.95 bits per heavy atom. The number of hydrogen-bond acceptors (Lipinski definition) is 3. The van der Waals surface area contributed by atoms with Gasteiger partial charge in [0.25, 0.3) is 0 Å². The average Bonchev–Trinajstić information content (AvgIpc) is 2.93. The van der Waals surface area contributed by atoms with Crippen LogP contribution in [0.25, 0.3) is 0 Å². The second kappa shape index (κ2) is 7.27. The van der Waals surface area contributed by atoms with E-state index in [9.17, 15) is 0 Å². The van der Waals surface area contributed by atoms with Gasteiger partial charge in [0.15, 0.2) is 0 Å². The number of benzene rings is 1. The summed E-state index contributed by atoms with van der Waals surface area (Å²) >= 11 is 3.57. The summed E-state index contributed by atoms with van der Waals surface area (Å²) in [6.07, 6.45) is 2.27. The van der Waals surface area contributed by atoms with Crippen LogP contribution in [0.3, 0.4) is 0 Å². The Hall–Kier alpha value is -0.580. The van der Waals surface area contributed by atoms with Gasteiger partial charge >= 0.3 is 0 Å². The minimum atomic E-state index is 0.365. The van der Waals surface area contributed by atoms with Crippen LogP contribution in [0.1, 0.15) is 31.4 Å². The molecule has 1 aliphatic heterocycles. The molecule has 2 unspecified atom stereocenters. The van der Waals surface area contributed by atoms with Gasteiger partial charge in [-0.25, -0.2) is 0 Å². The largest absolute Gasteiger partial charge is 0.496 e. The van der Waals surface area contributed by atoms with E-state index in [0.29, 0.717) is 12.0 Å². The molecule has 106 valence electrons. The molecule has 2 rings (SSSR count). The van der Waals surface area contributed by atoms with E-state index in [2.05, 4.69) is 40.3 Å². The number of ether oxygens (including phenoxy) is 2. The van der Waals surface area contributed by atoms with Crippen molar-refractivity contribution in [1.29, 1.82) is 0 Å². The van der Waals surface area contributed by atoms with E-state index in [1.54, 1.807) is 7.11 Å². The van der Waals surface area contributed by atoms with E-state index < -0.39 is 0 Å². The number of hydrogen-bond donors (Lipinski definition) is 1. The summed E-state index contributed by atoms with van der Waals surface area (Å²) in [7, 11) is 1.69. The molecule has 1 aromatic carbocycles. The van der Waals surface area contributed by atoms with Gasteiger partial charge in [-0.05, 0) is 53.0 Å². The summed E-state index contributed by atoms with van der Waals surface area (Å²) in [4.78, 5) is 0. The maximum absolute atomic E-state index is 5.54. The van der Waals surface area contributed by atoms with Crippen molar-refractivity contribution in [3.8, 4) is 5.75 Å². The summed E-state index contributed by atoms with van der Waals surface area (Å²) in [5.41, 5.74) is 1.30. The lowest BCUT2D eigenvalue weighted by atomic mass is 9.92. The second-order valence-corrected chi connectivity index (χ2v) is 5.80. The maximum atomic E-state index is 5.54. The number of nitrogens with one attached hydrogen (secondary N) is 1. The molecule has 1 fully saturated rings. The number of rotatable bonds is 6. The molecule has 0 spiro atoms. The zero-order valence-corrected chi connectivity index (χ0v) is 13.2. The fourth-order valence-electron chi connectivity index (χ4n) is 2.55. The van der Waals surface area contributed by atoms with Crippen molar-refractivity contribution in [3.63, 3.8) is 0 Å². The van der Waals surface area contributed by atoms with Crippen molar-refractivity contribution >= 4 is 15.9 Å². The molecular formula is C15H22BrNO2. The summed E-state index contributed by atoms with van der Waals surface area (Å²) in [6.45, 7) is 4.96. The van der Waals surface area contributed by atoms with Crippen LogP contribution in [0.15, 0.2) is 22.7 Å². The summed E-state index contributed by atoms with van der Waals surface area (Å²) < 4.78 is 11.8. The molecular weight excluding hydrogens is 306 g/mol. The molecule has 0 aliphatic carbocycles. The Morgan fingerprint density at radius 2 is 2.37 bits per heavy atom. The Balaban J connectivity index is 2.18. The van der Waals surface area contributed by atoms with Gasteiger partial charge in [-0.1, -0.05) is 13.0 Å². The molecule has 0 saturated carbocycles. The molecule has 19 heavy (non-hydrogen) atoms. The SMILES string of the molecule is CCCNC(c1ccc(OC)c(Br)c1)C1CCOC1. The highest BCUT2D eigenvalue weighted by atomic mass is 79.9. The molecule has 1 saturated heterocycles. The van der Waals surface area contributed by atoms with Crippen LogP contribution in [0.4, 0.5) is 0 Å². The van der Waals surface area contributed by atoms with Gasteiger partial charge in [0.05, 0.1) is 18.2 Å². The summed E-state index contributed by atoms with van der Waals surface area (Å²) in [6, 6.07) is 6.69. The van der Waals surface area contributed by atoms with Crippen LogP contribution in [-0.2, 0) is 4.74 Å². The minimum absolute atomic E-state index is 0.365. The lowest BCUT2D eigenvalue weighted by Gasteiger charge is -2.24. The quantitative estimate of drug-likeness (QED) is 0.866. The third kappa shape index (κ3) is 3.71. The first-order valence-electron chi connectivity index (χ1n) is 6.90. The van der Waals surface area contributed by atoms with Crippen molar-refractivity contribution in [2.75, 3.05) is 26.9 Å². The third-order valence-corrected chi connectivity index (χ3v) is 4.21. The molecule has 2 atom stereocenters. The summed E-state index contributed by atoms with van der Waals surface area (Å²) in [5.74, 6) is 1.44. The highest BCUT2D eigenvalue weighted by Crippen LogP contribution is 2.33. The minimum Gasteiger partial charge on any atom is -0.496 e. The van der Waals surface area contributed by atoms with E-state index in [1.807, 2.05) is 6.07 Å². The molecule has 0 aromatic heterocycles. The molecule has 3 nitrogen and oxygen atoms in total. The molecule has 1 heterocycles. The van der Waals surface area contributed by atoms with Crippen LogP contribution in [0, 0.1) is 5.92 Å². The van der Waals surface area contributed by atoms with E-state index in [-0.39, 0.29) is 0 Å². The van der Waals surface area contributed by atoms with Gasteiger partial charge in [0.1, 0.15) is 5.75 Å². The topological polar surface area (TPSA) is 30.5 Å². The van der Waals surface area contributed by atoms with Crippen molar-refractivity contribution in [2.45, 2.75) is 25.8 Å². The molecule has 4 heteroatoms. The zero-order chi connectivity index (χ0) is 13.7. The van der Waals surface area contributed by atoms with Crippen molar-refractivity contribution in [1.82, 2.24) is 5.32 Å². The number of halogens is 1. The molecule has 1 aromatic rings. The van der Waals surface area contributed by atoms with Crippen LogP contribution in [0.5, 0.6) is 5.75 Å². The Bertz CT molecular complexity index is 405. The van der Waals surface area contributed by atoms with Gasteiger partial charge < -0.3 is 14.8 Å². The normalized spacial score (nSPS) is 20.5. The smallest absolute Gasteiger partial charge is 0.133 e. The predicted octanol–water partition coefficient (Wildman–Crippen LogP) is 3.53. The first kappa shape index (κ1) is 14.8. The molecule has 0 bridgehead atoms. The van der Waals surface area contributed by atoms with Crippen LogP contribution < -0.4 is 10.1 Å². The molecule has 1 aliphatic rings. The Kier molecular flexibility index (Phi) is 5.67. The van der Waals surface area contributed by atoms with Crippen molar-refractivity contribution in [2.24, 2.45) is 5.92 Å². The Morgan fingerprint density at radius 1 is 1.53 bits per heavy atom. The highest BCUT2D eigenvalue weighted by molar-refractivity contribution is 9.10. The third-order valence-electron chi connectivity index (χ3n) is 3.59. The second-order valence-electron chi connectivity index (χ2n) is 4.95. The van der Waals surface area contributed by atoms with Crippen molar-refractivity contribution in [3.05, 3.63) is 28.2 Å². The monoisotopic (exact) mass is 327 g/mol. The summed E-state index contributed by atoms with van der Waals surface area (Å²) in [5, 5.41) is 3.65. The van der Waals surface area contributed by atoms with Crippen molar-refractivity contribution < 1.29 is 9.47 Å². The molecule has 0 radical (unpaired) electrons. The van der Waals surface area contributed by atoms with Gasteiger partial charge in [0.2, 0.25) is 0 Å². The fraction of sp³-hybridized carbons (Fsp3) is 0.600. The fourth-order valence-corrected chi connectivity index (χ4v) is 3.11. The lowest BCUT2D eigenvalue weighted by molar-refractivity contribution is 0.176. The van der Waals surface area contributed by atoms with Gasteiger partial charge in [-0.3, -0.25) is 0 Å². The van der Waals surface area contributed by atoms with Gasteiger partial charge in [-0.15, -0.1) is 0 Å². The van der Waals surface area contributed by atoms with E-state index in [0.717, 1.165) is 42.8 Å². The zero-order valence-electron chi connectivity index (χ0n) is 11.6. The average molecular weight is 328 g/mol. The Labute approximate surface area is 123 Å². The highest BCUT2D eigenvalue weighted by Gasteiger charge is 2.26.